The van der Waals surface area contributed by atoms with Gasteiger partial charge in [0.2, 0.25) is 11.8 Å². The lowest BCUT2D eigenvalue weighted by Crippen LogP contribution is -2.44. The first-order valence-corrected chi connectivity index (χ1v) is 12.3. The fraction of sp³-hybridized carbons (Fsp3) is 0.280. The van der Waals surface area contributed by atoms with Crippen LogP contribution in [0.25, 0.3) is 42.9 Å². The third kappa shape index (κ3) is 3.66. The smallest absolute Gasteiger partial charge is 0.236 e. The average Bonchev–Trinajstić information content (AvgIpc) is 3.53. The summed E-state index contributed by atoms with van der Waals surface area (Å²) in [7, 11) is 0. The van der Waals surface area contributed by atoms with Gasteiger partial charge in [0.05, 0.1) is 17.7 Å². The molecule has 1 fully saturated rings. The van der Waals surface area contributed by atoms with Crippen LogP contribution in [0.2, 0.25) is 0 Å². The van der Waals surface area contributed by atoms with Gasteiger partial charge in [0.1, 0.15) is 15.0 Å². The molecule has 0 aliphatic carbocycles. The number of rotatable bonds is 5. The zero-order valence-corrected chi connectivity index (χ0v) is 19.9. The maximum atomic E-state index is 5.95. The van der Waals surface area contributed by atoms with Gasteiger partial charge in [0, 0.05) is 44.1 Å². The van der Waals surface area contributed by atoms with E-state index in [9.17, 15) is 0 Å². The molecule has 8 nitrogen and oxygen atoms in total. The van der Waals surface area contributed by atoms with Crippen molar-refractivity contribution < 1.29 is 4.74 Å². The number of hydrogen-bond donors (Lipinski definition) is 2. The predicted molar refractivity (Wildman–Crippen MR) is 137 cm³/mol. The molecular weight excluding hydrogens is 446 g/mol. The minimum atomic E-state index is 0.546. The highest BCUT2D eigenvalue weighted by Gasteiger charge is 2.22. The van der Waals surface area contributed by atoms with Gasteiger partial charge in [-0.1, -0.05) is 24.3 Å². The molecule has 1 aromatic carbocycles. The quantitative estimate of drug-likeness (QED) is 0.392. The molecular formula is C25H25N7OS. The van der Waals surface area contributed by atoms with E-state index >= 15 is 0 Å². The molecule has 0 radical (unpaired) electrons. The number of benzene rings is 1. The van der Waals surface area contributed by atoms with Crippen molar-refractivity contribution in [2.24, 2.45) is 0 Å². The molecule has 2 N–H and O–H groups in total. The van der Waals surface area contributed by atoms with Gasteiger partial charge < -0.3 is 19.9 Å². The molecule has 34 heavy (non-hydrogen) atoms. The van der Waals surface area contributed by atoms with Crippen molar-refractivity contribution in [1.82, 2.24) is 30.2 Å². The topological polar surface area (TPSA) is 91.9 Å². The van der Waals surface area contributed by atoms with Gasteiger partial charge in [-0.05, 0) is 31.0 Å². The second kappa shape index (κ2) is 8.66. The van der Waals surface area contributed by atoms with Crippen LogP contribution in [0, 0.1) is 6.92 Å². The molecule has 0 amide bonds. The lowest BCUT2D eigenvalue weighted by Gasteiger charge is -2.27. The standard InChI is InChI=1S/C25H25N7OS/c1-3-33-23-21-20(29-25(31-23)32-12-10-26-11-13-32)19-15(2)28-22(30-24(19)34-21)17-6-4-16(5-7-17)18-8-9-27-14-18/h4-9,14,26-27H,3,10-13H2,1-2H3. The van der Waals surface area contributed by atoms with E-state index in [0.29, 0.717) is 24.3 Å². The summed E-state index contributed by atoms with van der Waals surface area (Å²) in [4.78, 5) is 25.8. The van der Waals surface area contributed by atoms with Crippen LogP contribution in [-0.4, -0.2) is 57.7 Å². The minimum Gasteiger partial charge on any atom is -0.477 e. The summed E-state index contributed by atoms with van der Waals surface area (Å²) < 4.78 is 6.87. The minimum absolute atomic E-state index is 0.546. The van der Waals surface area contributed by atoms with E-state index in [1.165, 1.54) is 0 Å². The van der Waals surface area contributed by atoms with Crippen molar-refractivity contribution in [3.63, 3.8) is 0 Å². The summed E-state index contributed by atoms with van der Waals surface area (Å²) in [5.74, 6) is 2.05. The van der Waals surface area contributed by atoms with Crippen molar-refractivity contribution >= 4 is 37.7 Å². The van der Waals surface area contributed by atoms with Gasteiger partial charge in [-0.25, -0.2) is 15.0 Å². The summed E-state index contributed by atoms with van der Waals surface area (Å²) in [5, 5.41) is 4.36. The summed E-state index contributed by atoms with van der Waals surface area (Å²) in [6.45, 7) is 8.14. The lowest BCUT2D eigenvalue weighted by molar-refractivity contribution is 0.331. The Morgan fingerprint density at radius 1 is 0.971 bits per heavy atom. The van der Waals surface area contributed by atoms with E-state index in [-0.39, 0.29) is 0 Å². The Balaban J connectivity index is 1.46. The summed E-state index contributed by atoms with van der Waals surface area (Å²) in [6.07, 6.45) is 3.92. The molecule has 1 aliphatic rings. The van der Waals surface area contributed by atoms with E-state index in [1.54, 1.807) is 11.3 Å². The highest BCUT2D eigenvalue weighted by molar-refractivity contribution is 7.25. The van der Waals surface area contributed by atoms with Crippen LogP contribution < -0.4 is 15.0 Å². The van der Waals surface area contributed by atoms with Crippen molar-refractivity contribution in [3.05, 3.63) is 48.4 Å². The van der Waals surface area contributed by atoms with Crippen LogP contribution in [0.15, 0.2) is 42.7 Å². The van der Waals surface area contributed by atoms with Gasteiger partial charge in [0.15, 0.2) is 5.82 Å². The maximum Gasteiger partial charge on any atom is 0.236 e. The van der Waals surface area contributed by atoms with Gasteiger partial charge in [-0.2, -0.15) is 4.98 Å². The number of ether oxygens (including phenoxy) is 1. The number of aryl methyl sites for hydroxylation is 1. The van der Waals surface area contributed by atoms with Crippen LogP contribution in [0.4, 0.5) is 5.95 Å². The van der Waals surface area contributed by atoms with Crippen LogP contribution in [-0.2, 0) is 0 Å². The summed E-state index contributed by atoms with van der Waals surface area (Å²) in [6, 6.07) is 10.4. The number of thiophene rings is 1. The average molecular weight is 472 g/mol. The monoisotopic (exact) mass is 471 g/mol. The molecule has 0 spiro atoms. The van der Waals surface area contributed by atoms with Gasteiger partial charge in [0.25, 0.3) is 0 Å². The molecule has 6 rings (SSSR count). The number of H-pyrrole nitrogens is 1. The number of hydrogen-bond acceptors (Lipinski definition) is 8. The first kappa shape index (κ1) is 21.0. The van der Waals surface area contributed by atoms with E-state index in [1.807, 2.05) is 26.2 Å². The fourth-order valence-electron chi connectivity index (χ4n) is 4.35. The zero-order chi connectivity index (χ0) is 23.1. The molecule has 1 aliphatic heterocycles. The number of anilines is 1. The Labute approximate surface area is 201 Å². The van der Waals surface area contributed by atoms with Crippen molar-refractivity contribution in [2.45, 2.75) is 13.8 Å². The molecule has 9 heteroatoms. The Kier molecular flexibility index (Phi) is 5.35. The number of aromatic amines is 1. The summed E-state index contributed by atoms with van der Waals surface area (Å²) >= 11 is 1.57. The largest absolute Gasteiger partial charge is 0.477 e. The summed E-state index contributed by atoms with van der Waals surface area (Å²) in [5.41, 5.74) is 5.08. The molecule has 172 valence electrons. The Morgan fingerprint density at radius 2 is 1.76 bits per heavy atom. The van der Waals surface area contributed by atoms with Gasteiger partial charge >= 0.3 is 0 Å². The molecule has 4 aromatic heterocycles. The molecule has 0 atom stereocenters. The number of aromatic nitrogens is 5. The second-order valence-corrected chi connectivity index (χ2v) is 9.27. The van der Waals surface area contributed by atoms with Crippen molar-refractivity contribution in [3.8, 4) is 28.4 Å². The van der Waals surface area contributed by atoms with E-state index in [0.717, 1.165) is 69.0 Å². The number of nitrogens with one attached hydrogen (secondary N) is 2. The zero-order valence-electron chi connectivity index (χ0n) is 19.1. The molecule has 0 saturated carbocycles. The van der Waals surface area contributed by atoms with Crippen molar-refractivity contribution in [1.29, 1.82) is 0 Å². The molecule has 5 aromatic rings. The maximum absolute atomic E-state index is 5.95. The van der Waals surface area contributed by atoms with E-state index < -0.39 is 0 Å². The van der Waals surface area contributed by atoms with Crippen LogP contribution in [0.5, 0.6) is 5.88 Å². The highest BCUT2D eigenvalue weighted by atomic mass is 32.1. The van der Waals surface area contributed by atoms with Crippen molar-refractivity contribution in [2.75, 3.05) is 37.7 Å². The third-order valence-electron chi connectivity index (χ3n) is 6.07. The molecule has 0 bridgehead atoms. The lowest BCUT2D eigenvalue weighted by atomic mass is 10.1. The first-order chi connectivity index (χ1) is 16.7. The molecule has 0 unspecified atom stereocenters. The second-order valence-electron chi connectivity index (χ2n) is 8.27. The SMILES string of the molecule is CCOc1nc(N2CCNCC2)nc2c1sc1nc(-c3ccc(-c4cc[nH]c4)cc3)nc(C)c12. The molecule has 5 heterocycles. The van der Waals surface area contributed by atoms with Crippen LogP contribution >= 0.6 is 11.3 Å². The number of piperazine rings is 1. The Bertz CT molecular complexity index is 1450. The predicted octanol–water partition coefficient (Wildman–Crippen LogP) is 4.41. The third-order valence-corrected chi connectivity index (χ3v) is 7.13. The van der Waals surface area contributed by atoms with E-state index in [2.05, 4.69) is 45.5 Å². The normalized spacial score (nSPS) is 14.2. The fourth-order valence-corrected chi connectivity index (χ4v) is 5.46. The van der Waals surface area contributed by atoms with Gasteiger partial charge in [-0.3, -0.25) is 0 Å². The van der Waals surface area contributed by atoms with E-state index in [4.69, 9.17) is 24.7 Å². The number of fused-ring (bicyclic) bond motifs is 3. The first-order valence-electron chi connectivity index (χ1n) is 11.5. The highest BCUT2D eigenvalue weighted by Crippen LogP contribution is 2.39. The Morgan fingerprint density at radius 3 is 2.50 bits per heavy atom. The van der Waals surface area contributed by atoms with Crippen LogP contribution in [0.1, 0.15) is 12.6 Å². The molecule has 1 saturated heterocycles. The van der Waals surface area contributed by atoms with Gasteiger partial charge in [-0.15, -0.1) is 11.3 Å². The van der Waals surface area contributed by atoms with Crippen LogP contribution in [0.3, 0.4) is 0 Å². The number of nitrogens with zero attached hydrogens (tertiary/aromatic N) is 5. The Hall–Kier alpha value is -3.56.